The molecule has 2 atom stereocenters. The number of nitrogens with zero attached hydrogens (tertiary/aromatic N) is 5. The van der Waals surface area contributed by atoms with Crippen molar-refractivity contribution in [1.29, 1.82) is 0 Å². The average molecular weight is 567 g/mol. The van der Waals surface area contributed by atoms with Crippen molar-refractivity contribution in [3.63, 3.8) is 0 Å². The average Bonchev–Trinajstić information content (AvgIpc) is 3.29. The Labute approximate surface area is 226 Å². The molecule has 2 aliphatic rings. The van der Waals surface area contributed by atoms with E-state index in [4.69, 9.17) is 0 Å². The molecule has 2 unspecified atom stereocenters. The van der Waals surface area contributed by atoms with E-state index in [-0.39, 0.29) is 23.3 Å². The smallest absolute Gasteiger partial charge is 0.359 e. The Balaban J connectivity index is 0.000000200. The zero-order valence-electron chi connectivity index (χ0n) is 21.7. The van der Waals surface area contributed by atoms with Crippen LogP contribution in [0.5, 0.6) is 0 Å². The third-order valence-electron chi connectivity index (χ3n) is 6.66. The van der Waals surface area contributed by atoms with Crippen LogP contribution in [0.3, 0.4) is 0 Å². The van der Waals surface area contributed by atoms with E-state index >= 15 is 0 Å². The maximum Gasteiger partial charge on any atom is 0.393 e. The summed E-state index contributed by atoms with van der Waals surface area (Å²) in [5, 5.41) is 9.75. The number of carbonyl (C=O) groups excluding carboxylic acids is 1. The Morgan fingerprint density at radius 3 is 2.38 bits per heavy atom. The third kappa shape index (κ3) is 7.19. The molecule has 40 heavy (non-hydrogen) atoms. The zero-order valence-corrected chi connectivity index (χ0v) is 21.7. The Morgan fingerprint density at radius 2 is 1.88 bits per heavy atom. The first-order valence-electron chi connectivity index (χ1n) is 12.6. The first-order chi connectivity index (χ1) is 19.0. The van der Waals surface area contributed by atoms with Crippen molar-refractivity contribution in [1.82, 2.24) is 29.7 Å². The molecule has 1 N–H and O–H groups in total. The van der Waals surface area contributed by atoms with Crippen molar-refractivity contribution in [2.24, 2.45) is 5.92 Å². The maximum atomic E-state index is 13.5. The summed E-state index contributed by atoms with van der Waals surface area (Å²) in [6.45, 7) is -0.472. The predicted molar refractivity (Wildman–Crippen MR) is 134 cm³/mol. The second kappa shape index (κ2) is 12.1. The fraction of sp³-hybridized carbons (Fsp3) is 0.407. The number of nitrogens with one attached hydrogen (secondary N) is 1. The van der Waals surface area contributed by atoms with Gasteiger partial charge in [0.05, 0.1) is 12.1 Å². The minimum absolute atomic E-state index is 0.0223. The molecule has 0 aliphatic heterocycles. The molecule has 13 heteroatoms. The number of hydrogen-bond acceptors (Lipinski definition) is 4. The van der Waals surface area contributed by atoms with E-state index < -0.39 is 25.1 Å². The lowest BCUT2D eigenvalue weighted by atomic mass is 9.92. The van der Waals surface area contributed by atoms with Crippen molar-refractivity contribution < 1.29 is 31.1 Å². The molecule has 3 aromatic heterocycles. The first kappa shape index (κ1) is 29.1. The lowest BCUT2D eigenvalue weighted by Gasteiger charge is -2.13. The fourth-order valence-corrected chi connectivity index (χ4v) is 4.65. The predicted octanol–water partition coefficient (Wildman–Crippen LogP) is 6.03. The monoisotopic (exact) mass is 566 g/mol. The van der Waals surface area contributed by atoms with Crippen LogP contribution in [0.15, 0.2) is 55.0 Å². The minimum atomic E-state index is -4.21. The standard InChI is InChI=1S/C18H15F4N3.C5H9NO.C4H4F2N2/c1-10-6-13(12-4-2-11(3-5-12)8-18(20,21)22)14-9-23-16-7-15(19)24-25(16)17(10)14;1-6-5(7)4-2-3-4;5-4(6)8-3-1-2-7-8/h2-5,7,9-10,13H,6,8H2,1H3;4H,2-3H2,1H3,(H,6,7);1-4H. The number of alkyl halides is 5. The van der Waals surface area contributed by atoms with Crippen LogP contribution in [0.4, 0.5) is 26.3 Å². The highest BCUT2D eigenvalue weighted by molar-refractivity contribution is 5.80. The van der Waals surface area contributed by atoms with E-state index in [1.54, 1.807) is 25.4 Å². The van der Waals surface area contributed by atoms with E-state index in [0.29, 0.717) is 16.2 Å². The van der Waals surface area contributed by atoms with Crippen LogP contribution in [0.2, 0.25) is 0 Å². The van der Waals surface area contributed by atoms with Crippen LogP contribution in [0.25, 0.3) is 5.65 Å². The molecule has 1 saturated carbocycles. The van der Waals surface area contributed by atoms with E-state index in [9.17, 15) is 31.1 Å². The van der Waals surface area contributed by atoms with Gasteiger partial charge in [-0.2, -0.15) is 31.4 Å². The second-order valence-corrected chi connectivity index (χ2v) is 9.71. The number of benzene rings is 1. The van der Waals surface area contributed by atoms with Gasteiger partial charge in [-0.05, 0) is 47.9 Å². The van der Waals surface area contributed by atoms with E-state index in [1.807, 2.05) is 6.92 Å². The van der Waals surface area contributed by atoms with Crippen LogP contribution in [-0.4, -0.2) is 43.5 Å². The molecule has 214 valence electrons. The molecule has 0 radical (unpaired) electrons. The molecular weight excluding hydrogens is 538 g/mol. The Morgan fingerprint density at radius 1 is 1.18 bits per heavy atom. The normalized spacial score (nSPS) is 18.0. The number of amides is 1. The summed E-state index contributed by atoms with van der Waals surface area (Å²) in [5.74, 6) is 0.173. The van der Waals surface area contributed by atoms with Crippen molar-refractivity contribution in [2.45, 2.75) is 57.2 Å². The van der Waals surface area contributed by atoms with Gasteiger partial charge in [-0.1, -0.05) is 31.2 Å². The molecule has 6 rings (SSSR count). The largest absolute Gasteiger partial charge is 0.393 e. The van der Waals surface area contributed by atoms with Gasteiger partial charge < -0.3 is 5.32 Å². The highest BCUT2D eigenvalue weighted by Crippen LogP contribution is 2.44. The van der Waals surface area contributed by atoms with Gasteiger partial charge in [-0.3, -0.25) is 4.79 Å². The van der Waals surface area contributed by atoms with Gasteiger partial charge >= 0.3 is 12.7 Å². The molecule has 3 heterocycles. The minimum Gasteiger partial charge on any atom is -0.359 e. The Kier molecular flexibility index (Phi) is 8.79. The Bertz CT molecular complexity index is 1410. The molecule has 0 spiro atoms. The molecule has 1 amide bonds. The van der Waals surface area contributed by atoms with Gasteiger partial charge in [0, 0.05) is 43.5 Å². The molecule has 1 aromatic carbocycles. The lowest BCUT2D eigenvalue weighted by molar-refractivity contribution is -0.127. The SMILES string of the molecule is CC1CC(c2ccc(CC(F)(F)F)cc2)c2cnc3cc(F)nn3c21.CNC(=O)C1CC1.FC(F)n1cccn1. The number of aromatic nitrogens is 5. The van der Waals surface area contributed by atoms with E-state index in [0.717, 1.165) is 36.1 Å². The summed E-state index contributed by atoms with van der Waals surface area (Å²) in [7, 11) is 1.68. The van der Waals surface area contributed by atoms with E-state index in [1.165, 1.54) is 41.2 Å². The number of rotatable bonds is 4. The summed E-state index contributed by atoms with van der Waals surface area (Å²) >= 11 is 0. The number of halogens is 6. The van der Waals surface area contributed by atoms with Gasteiger partial charge in [-0.15, -0.1) is 5.10 Å². The summed E-state index contributed by atoms with van der Waals surface area (Å²) in [4.78, 5) is 14.7. The molecule has 4 aromatic rings. The lowest BCUT2D eigenvalue weighted by Crippen LogP contribution is -2.18. The molecule has 0 saturated heterocycles. The molecular formula is C27H28F6N6O. The van der Waals surface area contributed by atoms with Gasteiger partial charge in [0.2, 0.25) is 11.9 Å². The number of fused-ring (bicyclic) bond motifs is 3. The maximum absolute atomic E-state index is 13.5. The highest BCUT2D eigenvalue weighted by atomic mass is 19.4. The second-order valence-electron chi connectivity index (χ2n) is 9.71. The summed E-state index contributed by atoms with van der Waals surface area (Å²) < 4.78 is 76.1. The van der Waals surface area contributed by atoms with E-state index in [2.05, 4.69) is 20.5 Å². The summed E-state index contributed by atoms with van der Waals surface area (Å²) in [6.07, 6.45) is 2.09. The van der Waals surface area contributed by atoms with Gasteiger partial charge in [0.25, 0.3) is 0 Å². The molecule has 0 bridgehead atoms. The van der Waals surface area contributed by atoms with Crippen molar-refractivity contribution in [3.8, 4) is 0 Å². The first-order valence-corrected chi connectivity index (χ1v) is 12.6. The van der Waals surface area contributed by atoms with Gasteiger partial charge in [0.1, 0.15) is 0 Å². The molecule has 2 aliphatic carbocycles. The fourth-order valence-electron chi connectivity index (χ4n) is 4.65. The number of carbonyl (C=O) groups is 1. The van der Waals surface area contributed by atoms with Crippen LogP contribution < -0.4 is 5.32 Å². The van der Waals surface area contributed by atoms with Gasteiger partial charge in [0.15, 0.2) is 5.65 Å². The van der Waals surface area contributed by atoms with Crippen molar-refractivity contribution in [3.05, 3.63) is 83.3 Å². The Hall–Kier alpha value is -3.90. The number of hydrogen-bond donors (Lipinski definition) is 1. The summed E-state index contributed by atoms with van der Waals surface area (Å²) in [5.41, 5.74) is 3.50. The van der Waals surface area contributed by atoms with Crippen LogP contribution in [-0.2, 0) is 11.2 Å². The topological polar surface area (TPSA) is 77.1 Å². The highest BCUT2D eigenvalue weighted by Gasteiger charge is 2.33. The quantitative estimate of drug-likeness (QED) is 0.306. The summed E-state index contributed by atoms with van der Waals surface area (Å²) in [6, 6.07) is 9.25. The zero-order chi connectivity index (χ0) is 29.0. The third-order valence-corrected chi connectivity index (χ3v) is 6.66. The van der Waals surface area contributed by atoms with Crippen LogP contribution in [0, 0.1) is 11.9 Å². The van der Waals surface area contributed by atoms with Crippen molar-refractivity contribution >= 4 is 11.6 Å². The molecule has 1 fully saturated rings. The van der Waals surface area contributed by atoms with Crippen molar-refractivity contribution in [2.75, 3.05) is 7.05 Å². The van der Waals surface area contributed by atoms with Crippen LogP contribution >= 0.6 is 0 Å². The molecule has 7 nitrogen and oxygen atoms in total. The van der Waals surface area contributed by atoms with Crippen LogP contribution in [0.1, 0.15) is 67.0 Å². The van der Waals surface area contributed by atoms with Gasteiger partial charge in [-0.25, -0.2) is 14.2 Å².